The summed E-state index contributed by atoms with van der Waals surface area (Å²) >= 11 is 0. The molecule has 0 aromatic rings. The predicted molar refractivity (Wildman–Crippen MR) is 54.0 cm³/mol. The van der Waals surface area contributed by atoms with Crippen LogP contribution in [0.25, 0.3) is 0 Å². The van der Waals surface area contributed by atoms with Crippen molar-refractivity contribution >= 4 is 5.97 Å². The van der Waals surface area contributed by atoms with Crippen molar-refractivity contribution in [2.24, 2.45) is 0 Å². The van der Waals surface area contributed by atoms with Crippen LogP contribution in [0.2, 0.25) is 0 Å². The maximum absolute atomic E-state index is 11.3. The van der Waals surface area contributed by atoms with Crippen molar-refractivity contribution < 1.29 is 9.53 Å². The number of rotatable bonds is 4. The van der Waals surface area contributed by atoms with E-state index < -0.39 is 0 Å². The average molecular weight is 197 g/mol. The topological polar surface area (TPSA) is 38.3 Å². The van der Waals surface area contributed by atoms with E-state index in [4.69, 9.17) is 4.74 Å². The lowest BCUT2D eigenvalue weighted by Crippen LogP contribution is -2.35. The van der Waals surface area contributed by atoms with Crippen LogP contribution in [0.15, 0.2) is 0 Å². The van der Waals surface area contributed by atoms with E-state index in [9.17, 15) is 4.79 Å². The highest BCUT2D eigenvalue weighted by Gasteiger charge is 2.22. The molecular formula is C11H19NO2. The van der Waals surface area contributed by atoms with E-state index in [1.165, 1.54) is 32.1 Å². The number of ether oxygens (including phenoxy) is 1. The molecule has 0 heterocycles. The molecule has 14 heavy (non-hydrogen) atoms. The van der Waals surface area contributed by atoms with Crippen LogP contribution >= 0.6 is 0 Å². The molecule has 2 rings (SSSR count). The molecule has 0 saturated heterocycles. The highest BCUT2D eigenvalue weighted by Crippen LogP contribution is 2.22. The van der Waals surface area contributed by atoms with Gasteiger partial charge in [0.05, 0.1) is 6.54 Å². The molecule has 3 heteroatoms. The molecule has 1 N–H and O–H groups in total. The van der Waals surface area contributed by atoms with Crippen LogP contribution in [-0.2, 0) is 9.53 Å². The van der Waals surface area contributed by atoms with Crippen molar-refractivity contribution in [3.8, 4) is 0 Å². The summed E-state index contributed by atoms with van der Waals surface area (Å²) in [4.78, 5) is 11.3. The summed E-state index contributed by atoms with van der Waals surface area (Å²) in [5.74, 6) is -0.0680. The SMILES string of the molecule is O=C(CNC1CCCC1)OC1CCC1. The Kier molecular flexibility index (Phi) is 3.40. The van der Waals surface area contributed by atoms with Gasteiger partial charge in [-0.25, -0.2) is 0 Å². The second-order valence-electron chi connectivity index (χ2n) is 4.41. The van der Waals surface area contributed by atoms with Gasteiger partial charge in [-0.1, -0.05) is 12.8 Å². The lowest BCUT2D eigenvalue weighted by atomic mass is 9.96. The summed E-state index contributed by atoms with van der Waals surface area (Å²) < 4.78 is 5.24. The summed E-state index contributed by atoms with van der Waals surface area (Å²) in [6, 6.07) is 0.559. The van der Waals surface area contributed by atoms with Gasteiger partial charge in [0.15, 0.2) is 0 Å². The Morgan fingerprint density at radius 2 is 1.86 bits per heavy atom. The molecule has 0 spiro atoms. The van der Waals surface area contributed by atoms with Gasteiger partial charge in [-0.15, -0.1) is 0 Å². The van der Waals surface area contributed by atoms with Crippen LogP contribution in [0.3, 0.4) is 0 Å². The number of esters is 1. The van der Waals surface area contributed by atoms with Crippen LogP contribution in [0, 0.1) is 0 Å². The van der Waals surface area contributed by atoms with Crippen molar-refractivity contribution in [3.63, 3.8) is 0 Å². The third-order valence-corrected chi connectivity index (χ3v) is 3.24. The zero-order valence-corrected chi connectivity index (χ0v) is 8.63. The summed E-state index contributed by atoms with van der Waals surface area (Å²) in [6.07, 6.45) is 8.61. The zero-order valence-electron chi connectivity index (χ0n) is 8.63. The number of carbonyl (C=O) groups is 1. The first-order chi connectivity index (χ1) is 6.84. The fourth-order valence-corrected chi connectivity index (χ4v) is 2.07. The van der Waals surface area contributed by atoms with Crippen molar-refractivity contribution in [3.05, 3.63) is 0 Å². The van der Waals surface area contributed by atoms with Gasteiger partial charge in [-0.3, -0.25) is 4.79 Å². The lowest BCUT2D eigenvalue weighted by molar-refractivity contribution is -0.151. The minimum absolute atomic E-state index is 0.0680. The molecule has 0 atom stereocenters. The Hall–Kier alpha value is -0.570. The molecule has 0 radical (unpaired) electrons. The Balaban J connectivity index is 1.57. The van der Waals surface area contributed by atoms with Crippen LogP contribution in [-0.4, -0.2) is 24.7 Å². The first-order valence-electron chi connectivity index (χ1n) is 5.77. The Bertz CT molecular complexity index is 195. The van der Waals surface area contributed by atoms with E-state index in [2.05, 4.69) is 5.32 Å². The van der Waals surface area contributed by atoms with E-state index in [1.807, 2.05) is 0 Å². The zero-order chi connectivity index (χ0) is 9.80. The smallest absolute Gasteiger partial charge is 0.320 e. The number of hydrogen-bond donors (Lipinski definition) is 1. The van der Waals surface area contributed by atoms with E-state index in [0.717, 1.165) is 12.8 Å². The highest BCUT2D eigenvalue weighted by molar-refractivity contribution is 5.71. The van der Waals surface area contributed by atoms with Gasteiger partial charge in [0.2, 0.25) is 0 Å². The minimum Gasteiger partial charge on any atom is -0.461 e. The molecule has 0 amide bonds. The quantitative estimate of drug-likeness (QED) is 0.696. The Morgan fingerprint density at radius 1 is 1.14 bits per heavy atom. The maximum atomic E-state index is 11.3. The van der Waals surface area contributed by atoms with Crippen LogP contribution in [0.5, 0.6) is 0 Å². The molecule has 80 valence electrons. The largest absolute Gasteiger partial charge is 0.461 e. The molecule has 0 aromatic carbocycles. The minimum atomic E-state index is -0.0680. The molecule has 3 nitrogen and oxygen atoms in total. The maximum Gasteiger partial charge on any atom is 0.320 e. The van der Waals surface area contributed by atoms with Crippen molar-refractivity contribution in [2.45, 2.75) is 57.1 Å². The van der Waals surface area contributed by atoms with E-state index in [0.29, 0.717) is 12.6 Å². The fraction of sp³-hybridized carbons (Fsp3) is 0.909. The average Bonchev–Trinajstić information content (AvgIpc) is 2.60. The molecule has 0 unspecified atom stereocenters. The fourth-order valence-electron chi connectivity index (χ4n) is 2.07. The van der Waals surface area contributed by atoms with Gasteiger partial charge < -0.3 is 10.1 Å². The van der Waals surface area contributed by atoms with Crippen LogP contribution < -0.4 is 5.32 Å². The second kappa shape index (κ2) is 4.78. The van der Waals surface area contributed by atoms with E-state index in [-0.39, 0.29) is 12.1 Å². The monoisotopic (exact) mass is 197 g/mol. The van der Waals surface area contributed by atoms with E-state index in [1.54, 1.807) is 0 Å². The highest BCUT2D eigenvalue weighted by atomic mass is 16.5. The summed E-state index contributed by atoms with van der Waals surface area (Å²) in [6.45, 7) is 0.404. The summed E-state index contributed by atoms with van der Waals surface area (Å²) in [5.41, 5.74) is 0. The molecule has 2 aliphatic carbocycles. The standard InChI is InChI=1S/C11H19NO2/c13-11(14-10-6-3-7-10)8-12-9-4-1-2-5-9/h9-10,12H,1-8H2. The predicted octanol–water partition coefficient (Wildman–Crippen LogP) is 1.61. The second-order valence-corrected chi connectivity index (χ2v) is 4.41. The number of carbonyl (C=O) groups excluding carboxylic acids is 1. The lowest BCUT2D eigenvalue weighted by Gasteiger charge is -2.25. The van der Waals surface area contributed by atoms with Crippen LogP contribution in [0.1, 0.15) is 44.9 Å². The Morgan fingerprint density at radius 3 is 2.43 bits per heavy atom. The number of nitrogens with one attached hydrogen (secondary N) is 1. The molecule has 0 aliphatic heterocycles. The third-order valence-electron chi connectivity index (χ3n) is 3.24. The molecule has 0 bridgehead atoms. The normalized spacial score (nSPS) is 23.4. The summed E-state index contributed by atoms with van der Waals surface area (Å²) in [5, 5.41) is 3.26. The van der Waals surface area contributed by atoms with Gasteiger partial charge in [0, 0.05) is 6.04 Å². The third kappa shape index (κ3) is 2.71. The van der Waals surface area contributed by atoms with Gasteiger partial charge in [0.1, 0.15) is 6.10 Å². The van der Waals surface area contributed by atoms with E-state index >= 15 is 0 Å². The van der Waals surface area contributed by atoms with Gasteiger partial charge in [0.25, 0.3) is 0 Å². The van der Waals surface area contributed by atoms with Crippen molar-refractivity contribution in [1.82, 2.24) is 5.32 Å². The van der Waals surface area contributed by atoms with Crippen molar-refractivity contribution in [1.29, 1.82) is 0 Å². The first kappa shape index (κ1) is 9.97. The molecule has 0 aromatic heterocycles. The Labute approximate surface area is 85.2 Å². The van der Waals surface area contributed by atoms with Crippen molar-refractivity contribution in [2.75, 3.05) is 6.54 Å². The molecule has 2 fully saturated rings. The summed E-state index contributed by atoms with van der Waals surface area (Å²) in [7, 11) is 0. The molecular weight excluding hydrogens is 178 g/mol. The molecule has 2 aliphatic rings. The molecule has 2 saturated carbocycles. The number of hydrogen-bond acceptors (Lipinski definition) is 3. The van der Waals surface area contributed by atoms with Gasteiger partial charge in [-0.05, 0) is 32.1 Å². The van der Waals surface area contributed by atoms with Crippen LogP contribution in [0.4, 0.5) is 0 Å². The van der Waals surface area contributed by atoms with Gasteiger partial charge >= 0.3 is 5.97 Å². The van der Waals surface area contributed by atoms with Gasteiger partial charge in [-0.2, -0.15) is 0 Å². The first-order valence-corrected chi connectivity index (χ1v) is 5.77.